The van der Waals surface area contributed by atoms with Crippen LogP contribution in [0.5, 0.6) is 0 Å². The van der Waals surface area contributed by atoms with Crippen LogP contribution in [0.3, 0.4) is 0 Å². The lowest BCUT2D eigenvalue weighted by Gasteiger charge is -2.20. The Bertz CT molecular complexity index is 902. The van der Waals surface area contributed by atoms with Crippen LogP contribution in [0.1, 0.15) is 24.8 Å². The molecular formula is C21H22N2O4. The van der Waals surface area contributed by atoms with Crippen molar-refractivity contribution in [1.82, 2.24) is 4.98 Å². The first-order valence-corrected chi connectivity index (χ1v) is 9.14. The molecule has 6 nitrogen and oxygen atoms in total. The third kappa shape index (κ3) is 3.86. The van der Waals surface area contributed by atoms with Crippen molar-refractivity contribution in [2.75, 3.05) is 0 Å². The summed E-state index contributed by atoms with van der Waals surface area (Å²) in [6, 6.07) is 15.4. The fraction of sp³-hybridized carbons (Fsp3) is 0.333. The summed E-state index contributed by atoms with van der Waals surface area (Å²) < 4.78 is 11.7. The Labute approximate surface area is 157 Å². The molecule has 0 aliphatic heterocycles. The summed E-state index contributed by atoms with van der Waals surface area (Å²) in [6.45, 7) is 0.450. The molecule has 1 saturated carbocycles. The number of oxazole rings is 1. The van der Waals surface area contributed by atoms with Gasteiger partial charge in [0.05, 0.1) is 12.7 Å². The van der Waals surface area contributed by atoms with Gasteiger partial charge < -0.3 is 20.0 Å². The molecule has 1 aliphatic rings. The van der Waals surface area contributed by atoms with Crippen molar-refractivity contribution >= 4 is 17.1 Å². The monoisotopic (exact) mass is 366 g/mol. The molecule has 3 aromatic rings. The van der Waals surface area contributed by atoms with Gasteiger partial charge in [-0.15, -0.1) is 0 Å². The second-order valence-corrected chi connectivity index (χ2v) is 7.05. The van der Waals surface area contributed by atoms with E-state index in [9.17, 15) is 4.79 Å². The van der Waals surface area contributed by atoms with E-state index in [4.69, 9.17) is 20.0 Å². The van der Waals surface area contributed by atoms with Crippen molar-refractivity contribution in [3.8, 4) is 11.5 Å². The van der Waals surface area contributed by atoms with E-state index in [0.717, 1.165) is 35.1 Å². The second kappa shape index (κ2) is 7.50. The predicted octanol–water partition coefficient (Wildman–Crippen LogP) is 3.59. The predicted molar refractivity (Wildman–Crippen MR) is 101 cm³/mol. The molecule has 0 amide bonds. The highest BCUT2D eigenvalue weighted by molar-refractivity contribution is 5.75. The number of nitrogens with two attached hydrogens (primary N) is 1. The summed E-state index contributed by atoms with van der Waals surface area (Å²) in [7, 11) is 0. The minimum absolute atomic E-state index is 0.00552. The fourth-order valence-corrected chi connectivity index (χ4v) is 3.67. The summed E-state index contributed by atoms with van der Waals surface area (Å²) in [5.41, 5.74) is 9.71. The molecule has 1 fully saturated rings. The zero-order valence-corrected chi connectivity index (χ0v) is 14.9. The van der Waals surface area contributed by atoms with E-state index in [1.807, 2.05) is 48.5 Å². The quantitative estimate of drug-likeness (QED) is 0.692. The topological polar surface area (TPSA) is 98.6 Å². The number of benzene rings is 2. The molecule has 1 aliphatic carbocycles. The molecule has 0 spiro atoms. The van der Waals surface area contributed by atoms with Crippen molar-refractivity contribution in [1.29, 1.82) is 0 Å². The zero-order chi connectivity index (χ0) is 18.8. The molecule has 140 valence electrons. The van der Waals surface area contributed by atoms with Crippen LogP contribution >= 0.6 is 0 Å². The molecule has 0 radical (unpaired) electrons. The summed E-state index contributed by atoms with van der Waals surface area (Å²) in [5, 5.41) is 8.94. The van der Waals surface area contributed by atoms with Crippen molar-refractivity contribution in [2.45, 2.75) is 38.0 Å². The number of hydrogen-bond acceptors (Lipinski definition) is 5. The van der Waals surface area contributed by atoms with Crippen LogP contribution < -0.4 is 5.73 Å². The van der Waals surface area contributed by atoms with Gasteiger partial charge in [-0.3, -0.25) is 4.79 Å². The van der Waals surface area contributed by atoms with Gasteiger partial charge in [-0.05, 0) is 48.6 Å². The van der Waals surface area contributed by atoms with E-state index < -0.39 is 5.97 Å². The Kier molecular flexibility index (Phi) is 4.92. The highest BCUT2D eigenvalue weighted by Gasteiger charge is 2.35. The Hall–Kier alpha value is -2.70. The SMILES string of the molecule is N[C@@H]1C(CC(=O)O)CC[C@H]1OCc1ccc(-c2nc3ccccc3o2)cc1. The maximum atomic E-state index is 10.9. The summed E-state index contributed by atoms with van der Waals surface area (Å²) in [5.74, 6) is -0.210. The molecular weight excluding hydrogens is 344 g/mol. The standard InChI is InChI=1S/C21H22N2O4/c22-20-15(11-19(24)25)9-10-18(20)26-12-13-5-7-14(8-6-13)21-23-16-3-1-2-4-17(16)27-21/h1-8,15,18,20H,9-12,22H2,(H,24,25)/t15?,18-,20-/m1/s1. The lowest BCUT2D eigenvalue weighted by Crippen LogP contribution is -2.37. The van der Waals surface area contributed by atoms with Gasteiger partial charge in [0.1, 0.15) is 5.52 Å². The van der Waals surface area contributed by atoms with Gasteiger partial charge in [0.15, 0.2) is 5.58 Å². The molecule has 3 N–H and O–H groups in total. The number of carboxylic acids is 1. The largest absolute Gasteiger partial charge is 0.481 e. The third-order valence-electron chi connectivity index (χ3n) is 5.19. The Morgan fingerprint density at radius 2 is 1.96 bits per heavy atom. The number of para-hydroxylation sites is 2. The molecule has 0 saturated heterocycles. The van der Waals surface area contributed by atoms with Gasteiger partial charge in [-0.25, -0.2) is 4.98 Å². The van der Waals surface area contributed by atoms with Crippen LogP contribution in [-0.2, 0) is 16.1 Å². The van der Waals surface area contributed by atoms with E-state index in [1.54, 1.807) is 0 Å². The van der Waals surface area contributed by atoms with Crippen LogP contribution in [0.4, 0.5) is 0 Å². The van der Waals surface area contributed by atoms with Gasteiger partial charge in [0.2, 0.25) is 5.89 Å². The Balaban J connectivity index is 1.38. The summed E-state index contributed by atoms with van der Waals surface area (Å²) in [4.78, 5) is 15.4. The number of carboxylic acid groups (broad SMARTS) is 1. The molecule has 0 bridgehead atoms. The molecule has 2 aromatic carbocycles. The second-order valence-electron chi connectivity index (χ2n) is 7.05. The van der Waals surface area contributed by atoms with E-state index in [0.29, 0.717) is 12.5 Å². The molecule has 4 rings (SSSR count). The molecule has 27 heavy (non-hydrogen) atoms. The zero-order valence-electron chi connectivity index (χ0n) is 14.9. The molecule has 3 atom stereocenters. The van der Waals surface area contributed by atoms with E-state index in [1.165, 1.54) is 0 Å². The normalized spacial score (nSPS) is 22.3. The van der Waals surface area contributed by atoms with Crippen molar-refractivity contribution < 1.29 is 19.1 Å². The highest BCUT2D eigenvalue weighted by atomic mass is 16.5. The van der Waals surface area contributed by atoms with Crippen molar-refractivity contribution in [3.63, 3.8) is 0 Å². The number of aromatic nitrogens is 1. The maximum Gasteiger partial charge on any atom is 0.303 e. The van der Waals surface area contributed by atoms with Gasteiger partial charge in [-0.2, -0.15) is 0 Å². The van der Waals surface area contributed by atoms with Crippen LogP contribution in [0.2, 0.25) is 0 Å². The Morgan fingerprint density at radius 1 is 1.19 bits per heavy atom. The minimum Gasteiger partial charge on any atom is -0.481 e. The van der Waals surface area contributed by atoms with E-state index in [-0.39, 0.29) is 24.5 Å². The molecule has 6 heteroatoms. The summed E-state index contributed by atoms with van der Waals surface area (Å²) in [6.07, 6.45) is 1.63. The number of aliphatic carboxylic acids is 1. The highest BCUT2D eigenvalue weighted by Crippen LogP contribution is 2.30. The van der Waals surface area contributed by atoms with Gasteiger partial charge in [0, 0.05) is 18.0 Å². The van der Waals surface area contributed by atoms with Gasteiger partial charge in [0.25, 0.3) is 0 Å². The molecule has 1 heterocycles. The van der Waals surface area contributed by atoms with Crippen molar-refractivity contribution in [2.24, 2.45) is 11.7 Å². The van der Waals surface area contributed by atoms with E-state index >= 15 is 0 Å². The fourth-order valence-electron chi connectivity index (χ4n) is 3.67. The molecule has 1 aromatic heterocycles. The first-order valence-electron chi connectivity index (χ1n) is 9.14. The average Bonchev–Trinajstić information content (AvgIpc) is 3.24. The summed E-state index contributed by atoms with van der Waals surface area (Å²) >= 11 is 0. The first kappa shape index (κ1) is 17.7. The lowest BCUT2D eigenvalue weighted by atomic mass is 10.00. The molecule has 1 unspecified atom stereocenters. The average molecular weight is 366 g/mol. The van der Waals surface area contributed by atoms with Crippen molar-refractivity contribution in [3.05, 3.63) is 54.1 Å². The maximum absolute atomic E-state index is 10.9. The number of fused-ring (bicyclic) bond motifs is 1. The van der Waals surface area contributed by atoms with Gasteiger partial charge >= 0.3 is 5.97 Å². The number of nitrogens with zero attached hydrogens (tertiary/aromatic N) is 1. The number of carbonyl (C=O) groups is 1. The van der Waals surface area contributed by atoms with Crippen LogP contribution in [0.15, 0.2) is 52.9 Å². The Morgan fingerprint density at radius 3 is 2.70 bits per heavy atom. The minimum atomic E-state index is -0.800. The third-order valence-corrected chi connectivity index (χ3v) is 5.19. The number of hydrogen-bond donors (Lipinski definition) is 2. The number of rotatable bonds is 6. The van der Waals surface area contributed by atoms with Gasteiger partial charge in [-0.1, -0.05) is 24.3 Å². The first-order chi connectivity index (χ1) is 13.1. The van der Waals surface area contributed by atoms with Crippen LogP contribution in [0.25, 0.3) is 22.6 Å². The van der Waals surface area contributed by atoms with Crippen LogP contribution in [0, 0.1) is 5.92 Å². The van der Waals surface area contributed by atoms with E-state index in [2.05, 4.69) is 4.98 Å². The number of ether oxygens (including phenoxy) is 1. The smallest absolute Gasteiger partial charge is 0.303 e. The van der Waals surface area contributed by atoms with Crippen LogP contribution in [-0.4, -0.2) is 28.2 Å². The lowest BCUT2D eigenvalue weighted by molar-refractivity contribution is -0.138.